The third kappa shape index (κ3) is 3.14. The minimum Gasteiger partial charge on any atom is -0.497 e. The number of carbonyl (C=O) groups is 1. The van der Waals surface area contributed by atoms with Crippen molar-refractivity contribution in [3.05, 3.63) is 46.6 Å². The molecule has 0 radical (unpaired) electrons. The first-order chi connectivity index (χ1) is 9.62. The predicted molar refractivity (Wildman–Crippen MR) is 72.4 cm³/mol. The molecule has 1 aromatic heterocycles. The lowest BCUT2D eigenvalue weighted by Crippen LogP contribution is -2.17. The minimum absolute atomic E-state index is 0.0236. The molecule has 104 valence electrons. The fraction of sp³-hybridized carbons (Fsp3) is 0.154. The van der Waals surface area contributed by atoms with Crippen molar-refractivity contribution < 1.29 is 14.3 Å². The van der Waals surface area contributed by atoms with Crippen LogP contribution < -0.4 is 20.3 Å². The summed E-state index contributed by atoms with van der Waals surface area (Å²) < 4.78 is 10.2. The maximum absolute atomic E-state index is 12.0. The van der Waals surface area contributed by atoms with Gasteiger partial charge in [-0.05, 0) is 0 Å². The summed E-state index contributed by atoms with van der Waals surface area (Å²) in [6.45, 7) is 0. The molecule has 0 spiro atoms. The highest BCUT2D eigenvalue weighted by Crippen LogP contribution is 2.25. The van der Waals surface area contributed by atoms with Gasteiger partial charge in [-0.2, -0.15) is 0 Å². The number of rotatable bonds is 4. The monoisotopic (exact) mass is 275 g/mol. The van der Waals surface area contributed by atoms with Gasteiger partial charge in [0.1, 0.15) is 17.2 Å². The Hall–Kier alpha value is -2.83. The van der Waals surface area contributed by atoms with Crippen molar-refractivity contribution in [2.45, 2.75) is 0 Å². The Labute approximate surface area is 114 Å². The van der Waals surface area contributed by atoms with E-state index in [1.54, 1.807) is 18.2 Å². The van der Waals surface area contributed by atoms with E-state index in [-0.39, 0.29) is 5.69 Å². The van der Waals surface area contributed by atoms with E-state index in [2.05, 4.69) is 15.3 Å². The standard InChI is InChI=1S/C13H13N3O4/c1-19-9-3-8(4-10(5-9)20-2)16-13(18)11-6-12(17)15-7-14-11/h3-7H,1-2H3,(H,16,18)(H,14,15,17). The molecule has 1 aromatic carbocycles. The van der Waals surface area contributed by atoms with E-state index in [9.17, 15) is 9.59 Å². The molecule has 0 aliphatic heterocycles. The number of aromatic amines is 1. The van der Waals surface area contributed by atoms with Crippen LogP contribution in [0, 0.1) is 0 Å². The second-order valence-corrected chi connectivity index (χ2v) is 3.85. The van der Waals surface area contributed by atoms with Gasteiger partial charge in [-0.3, -0.25) is 9.59 Å². The molecule has 2 aromatic rings. The second kappa shape index (κ2) is 5.87. The molecule has 2 N–H and O–H groups in total. The summed E-state index contributed by atoms with van der Waals surface area (Å²) in [5, 5.41) is 2.62. The molecule has 1 amide bonds. The Morgan fingerprint density at radius 1 is 1.15 bits per heavy atom. The fourth-order valence-corrected chi connectivity index (χ4v) is 1.57. The third-order valence-corrected chi connectivity index (χ3v) is 2.52. The Bertz CT molecular complexity index is 659. The molecule has 0 aliphatic carbocycles. The third-order valence-electron chi connectivity index (χ3n) is 2.52. The van der Waals surface area contributed by atoms with Gasteiger partial charge in [-0.1, -0.05) is 0 Å². The SMILES string of the molecule is COc1cc(NC(=O)c2cc(=O)[nH]cn2)cc(OC)c1. The van der Waals surface area contributed by atoms with Gasteiger partial charge in [0.05, 0.1) is 20.5 Å². The van der Waals surface area contributed by atoms with E-state index in [0.717, 1.165) is 6.07 Å². The normalized spacial score (nSPS) is 9.90. The molecule has 0 fully saturated rings. The van der Waals surface area contributed by atoms with Gasteiger partial charge in [-0.15, -0.1) is 0 Å². The van der Waals surface area contributed by atoms with Crippen LogP contribution in [-0.4, -0.2) is 30.1 Å². The molecule has 0 atom stereocenters. The summed E-state index contributed by atoms with van der Waals surface area (Å²) in [7, 11) is 3.03. The Kier molecular flexibility index (Phi) is 3.99. The quantitative estimate of drug-likeness (QED) is 0.869. The van der Waals surface area contributed by atoms with Gasteiger partial charge in [0, 0.05) is 30.0 Å². The maximum Gasteiger partial charge on any atom is 0.274 e. The molecule has 1 heterocycles. The van der Waals surface area contributed by atoms with Gasteiger partial charge in [0.2, 0.25) is 0 Å². The number of nitrogens with zero attached hydrogens (tertiary/aromatic N) is 1. The molecule has 0 bridgehead atoms. The number of ether oxygens (including phenoxy) is 2. The lowest BCUT2D eigenvalue weighted by molar-refractivity contribution is 0.102. The van der Waals surface area contributed by atoms with Gasteiger partial charge in [-0.25, -0.2) is 4.98 Å². The molecule has 0 saturated heterocycles. The molecule has 0 unspecified atom stereocenters. The minimum atomic E-state index is -0.494. The van der Waals surface area contributed by atoms with Gasteiger partial charge in [0.25, 0.3) is 11.5 Å². The number of benzene rings is 1. The van der Waals surface area contributed by atoms with Gasteiger partial charge in [0.15, 0.2) is 0 Å². The summed E-state index contributed by atoms with van der Waals surface area (Å²) >= 11 is 0. The number of nitrogens with one attached hydrogen (secondary N) is 2. The highest BCUT2D eigenvalue weighted by molar-refractivity contribution is 6.02. The molecule has 0 aliphatic rings. The largest absolute Gasteiger partial charge is 0.497 e. The number of carbonyl (C=O) groups excluding carboxylic acids is 1. The number of aromatic nitrogens is 2. The molecule has 0 saturated carbocycles. The number of hydrogen-bond acceptors (Lipinski definition) is 5. The van der Waals surface area contributed by atoms with Crippen LogP contribution in [0.3, 0.4) is 0 Å². The van der Waals surface area contributed by atoms with Crippen LogP contribution in [0.15, 0.2) is 35.4 Å². The summed E-state index contributed by atoms with van der Waals surface area (Å²) in [6.07, 6.45) is 1.17. The van der Waals surface area contributed by atoms with Gasteiger partial charge < -0.3 is 19.8 Å². The van der Waals surface area contributed by atoms with Crippen molar-refractivity contribution in [3.63, 3.8) is 0 Å². The lowest BCUT2D eigenvalue weighted by Gasteiger charge is -2.09. The highest BCUT2D eigenvalue weighted by atomic mass is 16.5. The molecular weight excluding hydrogens is 262 g/mol. The smallest absolute Gasteiger partial charge is 0.274 e. The lowest BCUT2D eigenvalue weighted by atomic mass is 10.2. The molecular formula is C13H13N3O4. The number of anilines is 1. The molecule has 20 heavy (non-hydrogen) atoms. The van der Waals surface area contributed by atoms with E-state index in [0.29, 0.717) is 17.2 Å². The van der Waals surface area contributed by atoms with Gasteiger partial charge >= 0.3 is 0 Å². The van der Waals surface area contributed by atoms with Crippen molar-refractivity contribution in [1.29, 1.82) is 0 Å². The van der Waals surface area contributed by atoms with E-state index < -0.39 is 11.5 Å². The Morgan fingerprint density at radius 2 is 1.80 bits per heavy atom. The first kappa shape index (κ1) is 13.6. The predicted octanol–water partition coefficient (Wildman–Crippen LogP) is 1.04. The number of H-pyrrole nitrogens is 1. The van der Waals surface area contributed by atoms with Crippen LogP contribution in [0.4, 0.5) is 5.69 Å². The van der Waals surface area contributed by atoms with Crippen molar-refractivity contribution in [2.24, 2.45) is 0 Å². The van der Waals surface area contributed by atoms with Crippen LogP contribution in [0.1, 0.15) is 10.5 Å². The Balaban J connectivity index is 2.25. The summed E-state index contributed by atoms with van der Waals surface area (Å²) in [6, 6.07) is 6.06. The first-order valence-corrected chi connectivity index (χ1v) is 5.71. The summed E-state index contributed by atoms with van der Waals surface area (Å²) in [5.74, 6) is 0.587. The summed E-state index contributed by atoms with van der Waals surface area (Å²) in [4.78, 5) is 29.2. The van der Waals surface area contributed by atoms with Crippen molar-refractivity contribution in [1.82, 2.24) is 9.97 Å². The molecule has 7 nitrogen and oxygen atoms in total. The second-order valence-electron chi connectivity index (χ2n) is 3.85. The van der Waals surface area contributed by atoms with Crippen molar-refractivity contribution in [3.8, 4) is 11.5 Å². The Morgan fingerprint density at radius 3 is 2.35 bits per heavy atom. The van der Waals surface area contributed by atoms with E-state index >= 15 is 0 Å². The first-order valence-electron chi connectivity index (χ1n) is 5.71. The zero-order chi connectivity index (χ0) is 14.5. The topological polar surface area (TPSA) is 93.3 Å². The summed E-state index contributed by atoms with van der Waals surface area (Å²) in [5.41, 5.74) is 0.109. The van der Waals surface area contributed by atoms with Crippen molar-refractivity contribution >= 4 is 11.6 Å². The fourth-order valence-electron chi connectivity index (χ4n) is 1.57. The number of methoxy groups -OCH3 is 2. The van der Waals surface area contributed by atoms with E-state index in [1.165, 1.54) is 20.5 Å². The van der Waals surface area contributed by atoms with Crippen LogP contribution >= 0.6 is 0 Å². The molecule has 7 heteroatoms. The van der Waals surface area contributed by atoms with E-state index in [1.807, 2.05) is 0 Å². The van der Waals surface area contributed by atoms with E-state index in [4.69, 9.17) is 9.47 Å². The highest BCUT2D eigenvalue weighted by Gasteiger charge is 2.10. The zero-order valence-corrected chi connectivity index (χ0v) is 11.0. The van der Waals surface area contributed by atoms with Crippen LogP contribution in [-0.2, 0) is 0 Å². The van der Waals surface area contributed by atoms with Crippen LogP contribution in [0.5, 0.6) is 11.5 Å². The zero-order valence-electron chi connectivity index (χ0n) is 11.0. The maximum atomic E-state index is 12.0. The number of amides is 1. The average Bonchev–Trinajstić information content (AvgIpc) is 2.46. The van der Waals surface area contributed by atoms with Crippen LogP contribution in [0.25, 0.3) is 0 Å². The molecule has 2 rings (SSSR count). The van der Waals surface area contributed by atoms with Crippen LogP contribution in [0.2, 0.25) is 0 Å². The average molecular weight is 275 g/mol. The number of hydrogen-bond donors (Lipinski definition) is 2. The van der Waals surface area contributed by atoms with Crippen molar-refractivity contribution in [2.75, 3.05) is 19.5 Å².